The Hall–Kier alpha value is -1.14. The quantitative estimate of drug-likeness (QED) is 0.715. The first kappa shape index (κ1) is 14.9. The van der Waals surface area contributed by atoms with E-state index in [9.17, 15) is 9.59 Å². The Morgan fingerprint density at radius 3 is 2.44 bits per heavy atom. The Balaban J connectivity index is 2.23. The van der Waals surface area contributed by atoms with Gasteiger partial charge in [0.15, 0.2) is 0 Å². The molecule has 0 bridgehead atoms. The summed E-state index contributed by atoms with van der Waals surface area (Å²) in [6.45, 7) is 1.94. The van der Waals surface area contributed by atoms with Gasteiger partial charge in [0.25, 0.3) is 0 Å². The normalized spacial score (nSPS) is 16.7. The molecule has 0 aromatic rings. The molecule has 0 saturated carbocycles. The van der Waals surface area contributed by atoms with Crippen LogP contribution in [0.5, 0.6) is 0 Å². The summed E-state index contributed by atoms with van der Waals surface area (Å²) in [4.78, 5) is 24.9. The number of rotatable bonds is 6. The lowest BCUT2D eigenvalue weighted by Gasteiger charge is -2.32. The van der Waals surface area contributed by atoms with Crippen molar-refractivity contribution >= 4 is 11.8 Å². The molecule has 1 aliphatic heterocycles. The lowest BCUT2D eigenvalue weighted by atomic mass is 10.0. The largest absolute Gasteiger partial charge is 0.384 e. The minimum Gasteiger partial charge on any atom is -0.384 e. The number of ether oxygens (including phenoxy) is 2. The molecule has 0 aromatic carbocycles. The summed E-state index contributed by atoms with van der Waals surface area (Å²) >= 11 is 0. The number of amides is 2. The maximum Gasteiger partial charge on any atom is 0.246 e. The van der Waals surface area contributed by atoms with Crippen LogP contribution in [-0.2, 0) is 19.1 Å². The van der Waals surface area contributed by atoms with Crippen LogP contribution >= 0.6 is 0 Å². The molecular weight excluding hydrogens is 236 g/mol. The van der Waals surface area contributed by atoms with Gasteiger partial charge in [-0.1, -0.05) is 0 Å². The van der Waals surface area contributed by atoms with Gasteiger partial charge in [-0.2, -0.15) is 0 Å². The molecule has 0 atom stereocenters. The van der Waals surface area contributed by atoms with Gasteiger partial charge in [0.1, 0.15) is 6.61 Å². The van der Waals surface area contributed by atoms with E-state index in [1.807, 2.05) is 4.90 Å². The number of likely N-dealkylation sites (tertiary alicyclic amines) is 1. The first-order chi connectivity index (χ1) is 8.67. The minimum atomic E-state index is -0.0957. The molecule has 1 fully saturated rings. The Labute approximate surface area is 108 Å². The van der Waals surface area contributed by atoms with Crippen LogP contribution in [0.15, 0.2) is 0 Å². The number of nitrogens with zero attached hydrogens (tertiary/aromatic N) is 1. The summed E-state index contributed by atoms with van der Waals surface area (Å²) in [7, 11) is 3.08. The fraction of sp³-hybridized carbons (Fsp3) is 0.833. The van der Waals surface area contributed by atoms with Crippen molar-refractivity contribution in [1.82, 2.24) is 10.2 Å². The second kappa shape index (κ2) is 8.05. The fourth-order valence-electron chi connectivity index (χ4n) is 2.02. The van der Waals surface area contributed by atoms with Gasteiger partial charge in [0.2, 0.25) is 11.8 Å². The van der Waals surface area contributed by atoms with Gasteiger partial charge in [0, 0.05) is 33.4 Å². The molecule has 1 rings (SSSR count). The second-order valence-corrected chi connectivity index (χ2v) is 4.40. The van der Waals surface area contributed by atoms with E-state index in [1.165, 1.54) is 7.11 Å². The van der Waals surface area contributed by atoms with Crippen molar-refractivity contribution in [3.8, 4) is 0 Å². The third kappa shape index (κ3) is 5.01. The molecule has 18 heavy (non-hydrogen) atoms. The molecule has 0 radical (unpaired) electrons. The van der Waals surface area contributed by atoms with E-state index >= 15 is 0 Å². The lowest BCUT2D eigenvalue weighted by Crippen LogP contribution is -2.47. The highest BCUT2D eigenvalue weighted by Gasteiger charge is 2.23. The van der Waals surface area contributed by atoms with E-state index in [0.717, 1.165) is 12.8 Å². The van der Waals surface area contributed by atoms with Gasteiger partial charge >= 0.3 is 0 Å². The molecule has 1 saturated heterocycles. The predicted molar refractivity (Wildman–Crippen MR) is 66.1 cm³/mol. The summed E-state index contributed by atoms with van der Waals surface area (Å²) in [5.41, 5.74) is 0. The molecule has 0 spiro atoms. The van der Waals surface area contributed by atoms with E-state index in [2.05, 4.69) is 5.32 Å². The number of hydrogen-bond acceptors (Lipinski definition) is 4. The van der Waals surface area contributed by atoms with Crippen molar-refractivity contribution in [3.05, 3.63) is 0 Å². The van der Waals surface area contributed by atoms with Crippen molar-refractivity contribution in [3.63, 3.8) is 0 Å². The average molecular weight is 258 g/mol. The maximum absolute atomic E-state index is 11.7. The molecule has 104 valence electrons. The highest BCUT2D eigenvalue weighted by molar-refractivity contribution is 5.78. The topological polar surface area (TPSA) is 67.9 Å². The Morgan fingerprint density at radius 2 is 1.89 bits per heavy atom. The van der Waals surface area contributed by atoms with E-state index in [4.69, 9.17) is 9.47 Å². The molecule has 0 aromatic heterocycles. The van der Waals surface area contributed by atoms with Crippen molar-refractivity contribution < 1.29 is 19.1 Å². The number of carbonyl (C=O) groups is 2. The van der Waals surface area contributed by atoms with Crippen molar-refractivity contribution in [1.29, 1.82) is 0 Å². The number of carbonyl (C=O) groups excluding carboxylic acids is 2. The molecule has 2 amide bonds. The smallest absolute Gasteiger partial charge is 0.246 e. The van der Waals surface area contributed by atoms with Gasteiger partial charge in [0.05, 0.1) is 13.0 Å². The average Bonchev–Trinajstić information content (AvgIpc) is 2.37. The van der Waals surface area contributed by atoms with Crippen molar-refractivity contribution in [2.75, 3.05) is 40.5 Å². The highest BCUT2D eigenvalue weighted by atomic mass is 16.5. The zero-order chi connectivity index (χ0) is 13.4. The second-order valence-electron chi connectivity index (χ2n) is 4.40. The Morgan fingerprint density at radius 1 is 1.22 bits per heavy atom. The van der Waals surface area contributed by atoms with Crippen LogP contribution < -0.4 is 5.32 Å². The summed E-state index contributed by atoms with van der Waals surface area (Å²) < 4.78 is 9.64. The van der Waals surface area contributed by atoms with Crippen LogP contribution in [0.4, 0.5) is 0 Å². The summed E-state index contributed by atoms with van der Waals surface area (Å²) in [6, 6.07) is 0.152. The van der Waals surface area contributed by atoms with Crippen molar-refractivity contribution in [2.24, 2.45) is 0 Å². The monoisotopic (exact) mass is 258 g/mol. The van der Waals surface area contributed by atoms with Gasteiger partial charge in [-0.15, -0.1) is 0 Å². The number of piperidine rings is 1. The van der Waals surface area contributed by atoms with Gasteiger partial charge in [-0.25, -0.2) is 0 Å². The van der Waals surface area contributed by atoms with Gasteiger partial charge < -0.3 is 19.7 Å². The third-order valence-electron chi connectivity index (χ3n) is 3.01. The van der Waals surface area contributed by atoms with Crippen LogP contribution in [0.3, 0.4) is 0 Å². The first-order valence-corrected chi connectivity index (χ1v) is 6.22. The molecule has 1 aliphatic rings. The lowest BCUT2D eigenvalue weighted by molar-refractivity contribution is -0.133. The standard InChI is InChI=1S/C12H22N2O4/c1-17-8-5-12(16)14-6-3-10(4-7-14)13-11(15)9-18-2/h10H,3-9H2,1-2H3,(H,13,15). The molecule has 6 nitrogen and oxygen atoms in total. The van der Waals surface area contributed by atoms with E-state index in [1.54, 1.807) is 7.11 Å². The SMILES string of the molecule is COCCC(=O)N1CCC(NC(=O)COC)CC1. The van der Waals surface area contributed by atoms with Crippen LogP contribution in [0, 0.1) is 0 Å². The maximum atomic E-state index is 11.7. The molecule has 0 unspecified atom stereocenters. The predicted octanol–water partition coefficient (Wildman–Crippen LogP) is -0.223. The molecule has 6 heteroatoms. The fourth-order valence-corrected chi connectivity index (χ4v) is 2.02. The van der Waals surface area contributed by atoms with Crippen LogP contribution in [0.1, 0.15) is 19.3 Å². The van der Waals surface area contributed by atoms with E-state index in [0.29, 0.717) is 26.1 Å². The van der Waals surface area contributed by atoms with Crippen LogP contribution in [-0.4, -0.2) is 63.3 Å². The van der Waals surface area contributed by atoms with Gasteiger partial charge in [-0.3, -0.25) is 9.59 Å². The summed E-state index contributed by atoms with van der Waals surface area (Å²) in [5, 5.41) is 2.90. The van der Waals surface area contributed by atoms with Crippen molar-refractivity contribution in [2.45, 2.75) is 25.3 Å². The zero-order valence-corrected chi connectivity index (χ0v) is 11.1. The minimum absolute atomic E-state index is 0.0903. The molecule has 1 N–H and O–H groups in total. The molecule has 1 heterocycles. The number of nitrogens with one attached hydrogen (secondary N) is 1. The third-order valence-corrected chi connectivity index (χ3v) is 3.01. The zero-order valence-electron chi connectivity index (χ0n) is 11.1. The van der Waals surface area contributed by atoms with Crippen LogP contribution in [0.25, 0.3) is 0 Å². The van der Waals surface area contributed by atoms with Gasteiger partial charge in [-0.05, 0) is 12.8 Å². The summed E-state index contributed by atoms with van der Waals surface area (Å²) in [5.74, 6) is 0.0279. The van der Waals surface area contributed by atoms with E-state index in [-0.39, 0.29) is 24.5 Å². The molecule has 0 aliphatic carbocycles. The number of hydrogen-bond donors (Lipinski definition) is 1. The number of methoxy groups -OCH3 is 2. The molecular formula is C12H22N2O4. The highest BCUT2D eigenvalue weighted by Crippen LogP contribution is 2.11. The van der Waals surface area contributed by atoms with Crippen LogP contribution in [0.2, 0.25) is 0 Å². The van der Waals surface area contributed by atoms with E-state index < -0.39 is 0 Å². The first-order valence-electron chi connectivity index (χ1n) is 6.22. The summed E-state index contributed by atoms with van der Waals surface area (Å²) in [6.07, 6.45) is 2.03. The Bertz CT molecular complexity index is 275. The Kier molecular flexibility index (Phi) is 6.67.